The third-order valence-corrected chi connectivity index (χ3v) is 5.06. The maximum atomic E-state index is 5.61. The Morgan fingerprint density at radius 1 is 1.18 bits per heavy atom. The molecule has 2 N–H and O–H groups in total. The van der Waals surface area contributed by atoms with Gasteiger partial charge in [0.15, 0.2) is 0 Å². The van der Waals surface area contributed by atoms with Crippen LogP contribution in [0.2, 0.25) is 0 Å². The number of aromatic nitrogens is 2. The fourth-order valence-electron chi connectivity index (χ4n) is 2.67. The van der Waals surface area contributed by atoms with Crippen LogP contribution in [-0.4, -0.2) is 10.1 Å². The third-order valence-electron chi connectivity index (χ3n) is 3.83. The second-order valence-corrected chi connectivity index (χ2v) is 6.37. The predicted molar refractivity (Wildman–Crippen MR) is 90.2 cm³/mol. The summed E-state index contributed by atoms with van der Waals surface area (Å²) in [7, 11) is 0. The Bertz CT molecular complexity index is 758. The van der Waals surface area contributed by atoms with E-state index in [9.17, 15) is 0 Å². The first-order valence-corrected chi connectivity index (χ1v) is 7.90. The van der Waals surface area contributed by atoms with E-state index in [0.29, 0.717) is 18.3 Å². The minimum absolute atomic E-state index is 0. The molecular weight excluding hydrogens is 318 g/mol. The van der Waals surface area contributed by atoms with Crippen molar-refractivity contribution in [2.75, 3.05) is 0 Å². The van der Waals surface area contributed by atoms with Crippen molar-refractivity contribution < 1.29 is 4.52 Å². The van der Waals surface area contributed by atoms with E-state index in [4.69, 9.17) is 10.3 Å². The molecule has 1 aliphatic carbocycles. The van der Waals surface area contributed by atoms with Crippen molar-refractivity contribution in [3.05, 3.63) is 46.3 Å². The first-order valence-electron chi connectivity index (χ1n) is 7.08. The summed E-state index contributed by atoms with van der Waals surface area (Å²) >= 11 is 1.78. The van der Waals surface area contributed by atoms with Crippen LogP contribution in [-0.2, 0) is 19.4 Å². The number of aryl methyl sites for hydroxylation is 2. The Morgan fingerprint density at radius 2 is 2.00 bits per heavy atom. The van der Waals surface area contributed by atoms with Gasteiger partial charge in [0.05, 0.1) is 4.88 Å². The molecule has 3 aromatic rings. The molecule has 4 nitrogen and oxygen atoms in total. The lowest BCUT2D eigenvalue weighted by Gasteiger charge is -1.97. The monoisotopic (exact) mass is 333 g/mol. The summed E-state index contributed by atoms with van der Waals surface area (Å²) in [5.74, 6) is 1.24. The van der Waals surface area contributed by atoms with Crippen LogP contribution in [0.3, 0.4) is 0 Å². The van der Waals surface area contributed by atoms with E-state index in [0.717, 1.165) is 16.0 Å². The Balaban J connectivity index is 0.00000144. The lowest BCUT2D eigenvalue weighted by molar-refractivity contribution is 0.433. The number of fused-ring (bicyclic) bond motifs is 1. The Kier molecular flexibility index (Phi) is 4.29. The van der Waals surface area contributed by atoms with E-state index in [1.54, 1.807) is 11.3 Å². The fraction of sp³-hybridized carbons (Fsp3) is 0.250. The summed E-state index contributed by atoms with van der Waals surface area (Å²) < 4.78 is 5.42. The van der Waals surface area contributed by atoms with Gasteiger partial charge in [-0.25, -0.2) is 0 Å². The highest BCUT2D eigenvalue weighted by atomic mass is 35.5. The van der Waals surface area contributed by atoms with Crippen LogP contribution >= 0.6 is 23.7 Å². The number of nitrogens with zero attached hydrogens (tertiary/aromatic N) is 2. The Morgan fingerprint density at radius 3 is 2.73 bits per heavy atom. The standard InChI is InChI=1S/C16H15N3OS.ClH/c17-9-10-4-6-11(7-5-10)15-18-16(20-19-15)14-8-12-2-1-3-13(12)21-14;/h4-8H,1-3,9,17H2;1H. The van der Waals surface area contributed by atoms with Crippen LogP contribution in [0.4, 0.5) is 0 Å². The number of benzene rings is 1. The van der Waals surface area contributed by atoms with Crippen LogP contribution in [0.25, 0.3) is 22.2 Å². The lowest BCUT2D eigenvalue weighted by atomic mass is 10.1. The minimum Gasteiger partial charge on any atom is -0.333 e. The topological polar surface area (TPSA) is 64.9 Å². The first-order chi connectivity index (χ1) is 10.3. The molecule has 0 fully saturated rings. The highest BCUT2D eigenvalue weighted by Gasteiger charge is 2.19. The number of hydrogen-bond donors (Lipinski definition) is 1. The molecule has 22 heavy (non-hydrogen) atoms. The molecule has 0 atom stereocenters. The van der Waals surface area contributed by atoms with Crippen molar-refractivity contribution in [2.24, 2.45) is 5.73 Å². The van der Waals surface area contributed by atoms with Gasteiger partial charge in [-0.1, -0.05) is 29.4 Å². The van der Waals surface area contributed by atoms with E-state index in [1.807, 2.05) is 24.3 Å². The molecule has 2 heterocycles. The Hall–Kier alpha value is -1.69. The third kappa shape index (κ3) is 2.67. The average molecular weight is 334 g/mol. The molecule has 0 bridgehead atoms. The van der Waals surface area contributed by atoms with Gasteiger partial charge in [-0.2, -0.15) is 4.98 Å². The molecule has 0 spiro atoms. The zero-order valence-electron chi connectivity index (χ0n) is 11.9. The molecule has 6 heteroatoms. The van der Waals surface area contributed by atoms with E-state index >= 15 is 0 Å². The molecule has 2 aromatic heterocycles. The minimum atomic E-state index is 0. The average Bonchev–Trinajstić information content (AvgIpc) is 3.22. The molecule has 1 aliphatic rings. The largest absolute Gasteiger partial charge is 0.333 e. The fourth-order valence-corrected chi connectivity index (χ4v) is 3.84. The van der Waals surface area contributed by atoms with Crippen LogP contribution in [0, 0.1) is 0 Å². The van der Waals surface area contributed by atoms with E-state index in [-0.39, 0.29) is 12.4 Å². The zero-order chi connectivity index (χ0) is 14.2. The zero-order valence-corrected chi connectivity index (χ0v) is 13.5. The number of thiophene rings is 1. The van der Waals surface area contributed by atoms with Gasteiger partial charge in [0.25, 0.3) is 5.89 Å². The number of rotatable bonds is 3. The molecule has 1 aromatic carbocycles. The van der Waals surface area contributed by atoms with Crippen LogP contribution in [0.15, 0.2) is 34.9 Å². The van der Waals surface area contributed by atoms with Crippen LogP contribution in [0.1, 0.15) is 22.4 Å². The maximum absolute atomic E-state index is 5.61. The van der Waals surface area contributed by atoms with Crippen LogP contribution < -0.4 is 5.73 Å². The predicted octanol–water partition coefficient (Wildman–Crippen LogP) is 3.83. The number of nitrogens with two attached hydrogens (primary N) is 1. The maximum Gasteiger partial charge on any atom is 0.268 e. The lowest BCUT2D eigenvalue weighted by Crippen LogP contribution is -1.95. The quantitative estimate of drug-likeness (QED) is 0.791. The van der Waals surface area contributed by atoms with Crippen molar-refractivity contribution in [3.8, 4) is 22.2 Å². The highest BCUT2D eigenvalue weighted by molar-refractivity contribution is 7.15. The summed E-state index contributed by atoms with van der Waals surface area (Å²) in [5.41, 5.74) is 9.10. The number of halogens is 1. The highest BCUT2D eigenvalue weighted by Crippen LogP contribution is 2.36. The van der Waals surface area contributed by atoms with Gasteiger partial charge in [-0.3, -0.25) is 0 Å². The van der Waals surface area contributed by atoms with Gasteiger partial charge in [0.1, 0.15) is 0 Å². The second kappa shape index (κ2) is 6.20. The van der Waals surface area contributed by atoms with Gasteiger partial charge < -0.3 is 10.3 Å². The van der Waals surface area contributed by atoms with E-state index in [1.165, 1.54) is 29.7 Å². The van der Waals surface area contributed by atoms with Gasteiger partial charge in [-0.15, -0.1) is 23.7 Å². The summed E-state index contributed by atoms with van der Waals surface area (Å²) in [5, 5.41) is 4.09. The molecule has 0 radical (unpaired) electrons. The van der Waals surface area contributed by atoms with Crippen molar-refractivity contribution in [3.63, 3.8) is 0 Å². The normalized spacial score (nSPS) is 13.0. The second-order valence-electron chi connectivity index (χ2n) is 5.24. The van der Waals surface area contributed by atoms with Gasteiger partial charge in [-0.05, 0) is 36.5 Å². The molecule has 114 valence electrons. The van der Waals surface area contributed by atoms with Gasteiger partial charge >= 0.3 is 0 Å². The molecule has 0 aliphatic heterocycles. The Labute approximate surface area is 138 Å². The van der Waals surface area contributed by atoms with E-state index < -0.39 is 0 Å². The molecule has 0 saturated heterocycles. The van der Waals surface area contributed by atoms with Crippen LogP contribution in [0.5, 0.6) is 0 Å². The SMILES string of the molecule is Cl.NCc1ccc(-c2noc(-c3cc4c(s3)CCC4)n2)cc1. The van der Waals surface area contributed by atoms with Crippen molar-refractivity contribution in [1.29, 1.82) is 0 Å². The molecular formula is C16H16ClN3OS. The van der Waals surface area contributed by atoms with Crippen molar-refractivity contribution in [1.82, 2.24) is 10.1 Å². The molecule has 0 amide bonds. The molecule has 0 saturated carbocycles. The summed E-state index contributed by atoms with van der Waals surface area (Å²) in [6, 6.07) is 10.1. The summed E-state index contributed by atoms with van der Waals surface area (Å²) in [6.45, 7) is 0.540. The van der Waals surface area contributed by atoms with Gasteiger partial charge in [0.2, 0.25) is 5.82 Å². The van der Waals surface area contributed by atoms with Crippen molar-refractivity contribution in [2.45, 2.75) is 25.8 Å². The number of hydrogen-bond acceptors (Lipinski definition) is 5. The smallest absolute Gasteiger partial charge is 0.268 e. The van der Waals surface area contributed by atoms with E-state index in [2.05, 4.69) is 16.2 Å². The summed E-state index contributed by atoms with van der Waals surface area (Å²) in [6.07, 6.45) is 3.62. The summed E-state index contributed by atoms with van der Waals surface area (Å²) in [4.78, 5) is 7.07. The molecule has 0 unspecified atom stereocenters. The van der Waals surface area contributed by atoms with Crippen molar-refractivity contribution >= 4 is 23.7 Å². The first kappa shape index (κ1) is 15.2. The van der Waals surface area contributed by atoms with Gasteiger partial charge in [0, 0.05) is 17.0 Å². The molecule has 4 rings (SSSR count).